The number of rotatable bonds is 6. The lowest BCUT2D eigenvalue weighted by Crippen LogP contribution is -2.11. The van der Waals surface area contributed by atoms with Crippen molar-refractivity contribution in [3.8, 4) is 5.69 Å². The Kier molecular flexibility index (Phi) is 5.80. The number of halogens is 1. The molecule has 0 atom stereocenters. The molecule has 170 valence electrons. The largest absolute Gasteiger partial charge is 0.423 e. The molecule has 2 aromatic heterocycles. The minimum absolute atomic E-state index is 0.259. The molecule has 0 radical (unpaired) electrons. The molecule has 5 aromatic rings. The van der Waals surface area contributed by atoms with Gasteiger partial charge in [-0.2, -0.15) is 5.10 Å². The first-order valence-corrected chi connectivity index (χ1v) is 11.3. The summed E-state index contributed by atoms with van der Waals surface area (Å²) in [5, 5.41) is 5.57. The molecule has 0 spiro atoms. The molecule has 34 heavy (non-hydrogen) atoms. The molecule has 0 saturated heterocycles. The molecule has 3 aromatic carbocycles. The van der Waals surface area contributed by atoms with E-state index in [9.17, 15) is 9.18 Å². The molecule has 2 heterocycles. The first kappa shape index (κ1) is 21.8. The van der Waals surface area contributed by atoms with Crippen molar-refractivity contribution in [2.24, 2.45) is 0 Å². The van der Waals surface area contributed by atoms with Crippen LogP contribution in [0.2, 0.25) is 0 Å². The van der Waals surface area contributed by atoms with Crippen molar-refractivity contribution < 1.29 is 8.81 Å². The lowest BCUT2D eigenvalue weighted by atomic mass is 10.0. The zero-order valence-corrected chi connectivity index (χ0v) is 19.0. The van der Waals surface area contributed by atoms with Crippen LogP contribution in [0.5, 0.6) is 0 Å². The molecule has 0 bridgehead atoms. The predicted octanol–water partition coefficient (Wildman–Crippen LogP) is 5.82. The number of hydrogen-bond acceptors (Lipinski definition) is 4. The summed E-state index contributed by atoms with van der Waals surface area (Å²) in [4.78, 5) is 17.4. The fraction of sp³-hybridized carbons (Fsp3) is 0.179. The summed E-state index contributed by atoms with van der Waals surface area (Å²) in [6, 6.07) is 23.8. The molecule has 0 fully saturated rings. The summed E-state index contributed by atoms with van der Waals surface area (Å²) >= 11 is 0. The number of aromatic nitrogens is 3. The first-order chi connectivity index (χ1) is 16.5. The van der Waals surface area contributed by atoms with Crippen LogP contribution in [0.4, 0.5) is 4.39 Å². The van der Waals surface area contributed by atoms with Crippen LogP contribution in [0.1, 0.15) is 48.1 Å². The Morgan fingerprint density at radius 1 is 0.941 bits per heavy atom. The Hall–Kier alpha value is -4.06. The van der Waals surface area contributed by atoms with Crippen LogP contribution in [0.3, 0.4) is 0 Å². The molecule has 6 heteroatoms. The van der Waals surface area contributed by atoms with Gasteiger partial charge >= 0.3 is 5.63 Å². The third-order valence-corrected chi connectivity index (χ3v) is 5.84. The van der Waals surface area contributed by atoms with E-state index in [2.05, 4.69) is 26.0 Å². The third kappa shape index (κ3) is 4.53. The Balaban J connectivity index is 1.56. The van der Waals surface area contributed by atoms with E-state index in [1.165, 1.54) is 17.7 Å². The highest BCUT2D eigenvalue weighted by Gasteiger charge is 2.16. The monoisotopic (exact) mass is 453 g/mol. The van der Waals surface area contributed by atoms with Crippen molar-refractivity contribution in [2.75, 3.05) is 0 Å². The number of para-hydroxylation sites is 1. The van der Waals surface area contributed by atoms with Crippen molar-refractivity contribution in [1.82, 2.24) is 14.8 Å². The van der Waals surface area contributed by atoms with Gasteiger partial charge in [-0.25, -0.2) is 18.9 Å². The van der Waals surface area contributed by atoms with Gasteiger partial charge in [-0.15, -0.1) is 0 Å². The summed E-state index contributed by atoms with van der Waals surface area (Å²) in [6.45, 7) is 4.29. The van der Waals surface area contributed by atoms with Crippen LogP contribution in [-0.4, -0.2) is 14.8 Å². The molecule has 0 aliphatic rings. The van der Waals surface area contributed by atoms with Crippen LogP contribution in [0.15, 0.2) is 88.1 Å². The Labute approximate surface area is 196 Å². The van der Waals surface area contributed by atoms with Crippen LogP contribution in [0.25, 0.3) is 16.7 Å². The minimum Gasteiger partial charge on any atom is -0.423 e. The SMILES string of the molecule is CC(C)c1ccc(-n2nc(Cc3cccc(F)c3)nc2Cc2cc3ccccc3oc2=O)cc1. The number of benzene rings is 3. The van der Waals surface area contributed by atoms with E-state index in [-0.39, 0.29) is 12.2 Å². The van der Waals surface area contributed by atoms with Crippen molar-refractivity contribution >= 4 is 11.0 Å². The Morgan fingerprint density at radius 2 is 1.74 bits per heavy atom. The summed E-state index contributed by atoms with van der Waals surface area (Å²) < 4.78 is 21.0. The lowest BCUT2D eigenvalue weighted by molar-refractivity contribution is 0.551. The summed E-state index contributed by atoms with van der Waals surface area (Å²) in [7, 11) is 0. The summed E-state index contributed by atoms with van der Waals surface area (Å²) in [5.41, 5.74) is 3.51. The fourth-order valence-electron chi connectivity index (χ4n) is 4.02. The lowest BCUT2D eigenvalue weighted by Gasteiger charge is -2.09. The van der Waals surface area contributed by atoms with Crippen molar-refractivity contribution in [1.29, 1.82) is 0 Å². The fourth-order valence-corrected chi connectivity index (χ4v) is 4.02. The van der Waals surface area contributed by atoms with Crippen LogP contribution >= 0.6 is 0 Å². The third-order valence-electron chi connectivity index (χ3n) is 5.84. The zero-order valence-electron chi connectivity index (χ0n) is 19.0. The smallest absolute Gasteiger partial charge is 0.339 e. The molecular formula is C28H24FN3O2. The number of hydrogen-bond donors (Lipinski definition) is 0. The van der Waals surface area contributed by atoms with E-state index in [0.717, 1.165) is 16.6 Å². The van der Waals surface area contributed by atoms with E-state index in [0.29, 0.717) is 35.1 Å². The van der Waals surface area contributed by atoms with Gasteiger partial charge in [0.1, 0.15) is 17.2 Å². The molecule has 5 rings (SSSR count). The van der Waals surface area contributed by atoms with E-state index in [1.54, 1.807) is 16.8 Å². The molecule has 0 saturated carbocycles. The molecule has 0 N–H and O–H groups in total. The number of fused-ring (bicyclic) bond motifs is 1. The first-order valence-electron chi connectivity index (χ1n) is 11.3. The summed E-state index contributed by atoms with van der Waals surface area (Å²) in [5.74, 6) is 1.29. The maximum absolute atomic E-state index is 13.7. The van der Waals surface area contributed by atoms with E-state index in [4.69, 9.17) is 14.5 Å². The highest BCUT2D eigenvalue weighted by Crippen LogP contribution is 2.20. The normalized spacial score (nSPS) is 11.4. The van der Waals surface area contributed by atoms with Gasteiger partial charge in [-0.05, 0) is 53.4 Å². The van der Waals surface area contributed by atoms with E-state index >= 15 is 0 Å². The highest BCUT2D eigenvalue weighted by atomic mass is 19.1. The molecule has 0 amide bonds. The van der Waals surface area contributed by atoms with Gasteiger partial charge in [-0.3, -0.25) is 0 Å². The highest BCUT2D eigenvalue weighted by molar-refractivity contribution is 5.76. The van der Waals surface area contributed by atoms with Gasteiger partial charge in [0.05, 0.1) is 5.69 Å². The molecule has 0 unspecified atom stereocenters. The van der Waals surface area contributed by atoms with Gasteiger partial charge in [-0.1, -0.05) is 56.3 Å². The molecule has 5 nitrogen and oxygen atoms in total. The minimum atomic E-state index is -0.393. The average Bonchev–Trinajstić information content (AvgIpc) is 3.21. The molecule has 0 aliphatic heterocycles. The second kappa shape index (κ2) is 9.06. The topological polar surface area (TPSA) is 60.9 Å². The van der Waals surface area contributed by atoms with Gasteiger partial charge in [0, 0.05) is 23.8 Å². The van der Waals surface area contributed by atoms with Crippen LogP contribution in [0, 0.1) is 5.82 Å². The Bertz CT molecular complexity index is 1520. The quantitative estimate of drug-likeness (QED) is 0.304. The second-order valence-electron chi connectivity index (χ2n) is 8.68. The maximum Gasteiger partial charge on any atom is 0.339 e. The zero-order chi connectivity index (χ0) is 23.7. The van der Waals surface area contributed by atoms with Gasteiger partial charge in [0.15, 0.2) is 5.82 Å². The standard InChI is InChI=1S/C28H24FN3O2/c1-18(2)20-10-12-24(13-11-20)32-27(30-26(31-32)15-19-6-5-8-23(29)14-19)17-22-16-21-7-3-4-9-25(21)34-28(22)33/h3-14,16,18H,15,17H2,1-2H3. The van der Waals surface area contributed by atoms with Crippen LogP contribution < -0.4 is 5.63 Å². The maximum atomic E-state index is 13.7. The second-order valence-corrected chi connectivity index (χ2v) is 8.68. The van der Waals surface area contributed by atoms with Crippen molar-refractivity contribution in [2.45, 2.75) is 32.6 Å². The average molecular weight is 454 g/mol. The predicted molar refractivity (Wildman–Crippen MR) is 130 cm³/mol. The van der Waals surface area contributed by atoms with E-state index in [1.807, 2.05) is 42.5 Å². The molecular weight excluding hydrogens is 429 g/mol. The summed E-state index contributed by atoms with van der Waals surface area (Å²) in [6.07, 6.45) is 0.642. The van der Waals surface area contributed by atoms with Gasteiger partial charge < -0.3 is 4.42 Å². The van der Waals surface area contributed by atoms with Crippen molar-refractivity contribution in [3.63, 3.8) is 0 Å². The Morgan fingerprint density at radius 3 is 2.50 bits per heavy atom. The van der Waals surface area contributed by atoms with E-state index < -0.39 is 5.63 Å². The molecule has 0 aliphatic carbocycles. The number of nitrogens with zero attached hydrogens (tertiary/aromatic N) is 3. The van der Waals surface area contributed by atoms with Crippen molar-refractivity contribution in [3.05, 3.63) is 123 Å². The van der Waals surface area contributed by atoms with Gasteiger partial charge in [0.25, 0.3) is 0 Å². The van der Waals surface area contributed by atoms with Gasteiger partial charge in [0.2, 0.25) is 0 Å². The van der Waals surface area contributed by atoms with Crippen LogP contribution in [-0.2, 0) is 12.8 Å².